The molecule has 1 N–H and O–H groups in total. The Morgan fingerprint density at radius 2 is 1.62 bits per heavy atom. The van der Waals surface area contributed by atoms with Crippen molar-refractivity contribution in [3.63, 3.8) is 0 Å². The van der Waals surface area contributed by atoms with Gasteiger partial charge in [0.2, 0.25) is 5.91 Å². The number of methoxy groups -OCH3 is 1. The van der Waals surface area contributed by atoms with Gasteiger partial charge in [-0.05, 0) is 67.6 Å². The summed E-state index contributed by atoms with van der Waals surface area (Å²) in [5.41, 5.74) is 2.96. The molecule has 0 saturated carbocycles. The molecular formula is C25H33BrN2O4. The van der Waals surface area contributed by atoms with Gasteiger partial charge in [0.25, 0.3) is 5.91 Å². The fourth-order valence-corrected chi connectivity index (χ4v) is 3.41. The van der Waals surface area contributed by atoms with Crippen LogP contribution in [0, 0.1) is 19.8 Å². The van der Waals surface area contributed by atoms with Gasteiger partial charge in [-0.15, -0.1) is 0 Å². The minimum atomic E-state index is -0.639. The Bertz CT molecular complexity index is 905. The lowest BCUT2D eigenvalue weighted by molar-refractivity contribution is -0.142. The number of nitrogens with one attached hydrogen (secondary N) is 1. The van der Waals surface area contributed by atoms with E-state index in [2.05, 4.69) is 21.2 Å². The lowest BCUT2D eigenvalue weighted by Gasteiger charge is -2.29. The first-order valence-electron chi connectivity index (χ1n) is 10.7. The molecule has 32 heavy (non-hydrogen) atoms. The third kappa shape index (κ3) is 7.26. The Labute approximate surface area is 199 Å². The molecule has 1 unspecified atom stereocenters. The summed E-state index contributed by atoms with van der Waals surface area (Å²) in [5, 5.41) is 2.92. The molecule has 0 saturated heterocycles. The second-order valence-corrected chi connectivity index (χ2v) is 9.14. The first-order chi connectivity index (χ1) is 15.1. The molecule has 0 aliphatic carbocycles. The zero-order valence-corrected chi connectivity index (χ0v) is 21.3. The number of carbonyl (C=O) groups excluding carboxylic acids is 2. The SMILES string of the molecule is COc1ccc(CN(C(=O)COc2cc(C)c(Br)c(C)c2)C(C)C(=O)NCC(C)C)cc1. The summed E-state index contributed by atoms with van der Waals surface area (Å²) < 4.78 is 12.0. The smallest absolute Gasteiger partial charge is 0.261 e. The van der Waals surface area contributed by atoms with Gasteiger partial charge in [0.05, 0.1) is 7.11 Å². The lowest BCUT2D eigenvalue weighted by Crippen LogP contribution is -2.49. The minimum absolute atomic E-state index is 0.154. The normalized spacial score (nSPS) is 11.8. The van der Waals surface area contributed by atoms with Gasteiger partial charge < -0.3 is 19.7 Å². The number of benzene rings is 2. The van der Waals surface area contributed by atoms with Gasteiger partial charge in [-0.1, -0.05) is 41.9 Å². The number of rotatable bonds is 10. The van der Waals surface area contributed by atoms with Crippen molar-refractivity contribution < 1.29 is 19.1 Å². The Morgan fingerprint density at radius 3 is 2.16 bits per heavy atom. The zero-order chi connectivity index (χ0) is 23.8. The summed E-state index contributed by atoms with van der Waals surface area (Å²) in [6.45, 7) is 10.4. The topological polar surface area (TPSA) is 67.9 Å². The number of carbonyl (C=O) groups is 2. The van der Waals surface area contributed by atoms with E-state index in [9.17, 15) is 9.59 Å². The van der Waals surface area contributed by atoms with E-state index in [1.165, 1.54) is 0 Å². The molecule has 0 heterocycles. The van der Waals surface area contributed by atoms with E-state index in [-0.39, 0.29) is 18.4 Å². The van der Waals surface area contributed by atoms with E-state index in [1.807, 2.05) is 64.1 Å². The summed E-state index contributed by atoms with van der Waals surface area (Å²) in [4.78, 5) is 27.4. The Morgan fingerprint density at radius 1 is 1.03 bits per heavy atom. The van der Waals surface area contributed by atoms with Gasteiger partial charge in [0.15, 0.2) is 6.61 Å². The van der Waals surface area contributed by atoms with Crippen molar-refractivity contribution in [1.82, 2.24) is 10.2 Å². The van der Waals surface area contributed by atoms with Crippen LogP contribution in [0.1, 0.15) is 37.5 Å². The van der Waals surface area contributed by atoms with Crippen molar-refractivity contribution in [2.24, 2.45) is 5.92 Å². The molecule has 6 nitrogen and oxygen atoms in total. The predicted molar refractivity (Wildman–Crippen MR) is 130 cm³/mol. The van der Waals surface area contributed by atoms with E-state index in [0.717, 1.165) is 26.9 Å². The van der Waals surface area contributed by atoms with Crippen LogP contribution < -0.4 is 14.8 Å². The van der Waals surface area contributed by atoms with Crippen molar-refractivity contribution >= 4 is 27.7 Å². The highest BCUT2D eigenvalue weighted by molar-refractivity contribution is 9.10. The molecule has 174 valence electrons. The molecule has 0 bridgehead atoms. The van der Waals surface area contributed by atoms with Crippen LogP contribution in [-0.4, -0.2) is 43.0 Å². The van der Waals surface area contributed by atoms with Crippen LogP contribution in [0.3, 0.4) is 0 Å². The standard InChI is InChI=1S/C25H33BrN2O4/c1-16(2)13-27-25(30)19(5)28(14-20-7-9-21(31-6)10-8-20)23(29)15-32-22-11-17(3)24(26)18(4)12-22/h7-12,16,19H,13-15H2,1-6H3,(H,27,30). The monoisotopic (exact) mass is 504 g/mol. The molecule has 7 heteroatoms. The molecule has 2 amide bonds. The number of hydrogen-bond donors (Lipinski definition) is 1. The zero-order valence-electron chi connectivity index (χ0n) is 19.7. The molecule has 2 rings (SSSR count). The maximum Gasteiger partial charge on any atom is 0.261 e. The van der Waals surface area contributed by atoms with Gasteiger partial charge in [0, 0.05) is 17.6 Å². The van der Waals surface area contributed by atoms with Crippen molar-refractivity contribution in [3.8, 4) is 11.5 Å². The minimum Gasteiger partial charge on any atom is -0.497 e. The molecule has 1 atom stereocenters. The molecule has 0 aromatic heterocycles. The van der Waals surface area contributed by atoms with Crippen LogP contribution in [0.4, 0.5) is 0 Å². The van der Waals surface area contributed by atoms with E-state index in [1.54, 1.807) is 18.9 Å². The Balaban J connectivity index is 2.17. The van der Waals surface area contributed by atoms with Crippen LogP contribution in [0.2, 0.25) is 0 Å². The van der Waals surface area contributed by atoms with Crippen LogP contribution in [0.15, 0.2) is 40.9 Å². The van der Waals surface area contributed by atoms with Gasteiger partial charge in [0.1, 0.15) is 17.5 Å². The second kappa shape index (κ2) is 11.9. The number of hydrogen-bond acceptors (Lipinski definition) is 4. The third-order valence-electron chi connectivity index (χ3n) is 5.14. The highest BCUT2D eigenvalue weighted by atomic mass is 79.9. The van der Waals surface area contributed by atoms with Crippen LogP contribution in [-0.2, 0) is 16.1 Å². The van der Waals surface area contributed by atoms with Crippen molar-refractivity contribution in [2.75, 3.05) is 20.3 Å². The number of amides is 2. The lowest BCUT2D eigenvalue weighted by atomic mass is 10.1. The van der Waals surface area contributed by atoms with Gasteiger partial charge in [-0.25, -0.2) is 0 Å². The number of aryl methyl sites for hydroxylation is 2. The number of halogens is 1. The van der Waals surface area contributed by atoms with Gasteiger partial charge in [-0.2, -0.15) is 0 Å². The Hall–Kier alpha value is -2.54. The fraction of sp³-hybridized carbons (Fsp3) is 0.440. The number of nitrogens with zero attached hydrogens (tertiary/aromatic N) is 1. The van der Waals surface area contributed by atoms with Gasteiger partial charge >= 0.3 is 0 Å². The van der Waals surface area contributed by atoms with Crippen LogP contribution >= 0.6 is 15.9 Å². The highest BCUT2D eigenvalue weighted by Crippen LogP contribution is 2.26. The van der Waals surface area contributed by atoms with Gasteiger partial charge in [-0.3, -0.25) is 9.59 Å². The molecule has 2 aromatic carbocycles. The molecule has 2 aromatic rings. The van der Waals surface area contributed by atoms with Crippen LogP contribution in [0.5, 0.6) is 11.5 Å². The molecule has 0 spiro atoms. The summed E-state index contributed by atoms with van der Waals surface area (Å²) >= 11 is 3.54. The van der Waals surface area contributed by atoms with E-state index >= 15 is 0 Å². The summed E-state index contributed by atoms with van der Waals surface area (Å²) in [7, 11) is 1.61. The summed E-state index contributed by atoms with van der Waals surface area (Å²) in [6.07, 6.45) is 0. The fourth-order valence-electron chi connectivity index (χ4n) is 3.18. The first-order valence-corrected chi connectivity index (χ1v) is 11.5. The first kappa shape index (κ1) is 25.7. The van der Waals surface area contributed by atoms with E-state index in [0.29, 0.717) is 24.8 Å². The third-order valence-corrected chi connectivity index (χ3v) is 6.39. The van der Waals surface area contributed by atoms with E-state index < -0.39 is 6.04 Å². The average molecular weight is 505 g/mol. The maximum absolute atomic E-state index is 13.2. The average Bonchev–Trinajstić information content (AvgIpc) is 2.77. The van der Waals surface area contributed by atoms with E-state index in [4.69, 9.17) is 9.47 Å². The molecule has 0 aliphatic heterocycles. The maximum atomic E-state index is 13.2. The molecule has 0 fully saturated rings. The molecule has 0 aliphatic rings. The van der Waals surface area contributed by atoms with Crippen molar-refractivity contribution in [1.29, 1.82) is 0 Å². The molecule has 0 radical (unpaired) electrons. The summed E-state index contributed by atoms with van der Waals surface area (Å²) in [5.74, 6) is 1.24. The number of ether oxygens (including phenoxy) is 2. The van der Waals surface area contributed by atoms with Crippen molar-refractivity contribution in [3.05, 3.63) is 57.6 Å². The summed E-state index contributed by atoms with van der Waals surface area (Å²) in [6, 6.07) is 10.6. The largest absolute Gasteiger partial charge is 0.497 e. The van der Waals surface area contributed by atoms with Crippen molar-refractivity contribution in [2.45, 2.75) is 47.2 Å². The highest BCUT2D eigenvalue weighted by Gasteiger charge is 2.26. The van der Waals surface area contributed by atoms with Crippen LogP contribution in [0.25, 0.3) is 0 Å². The predicted octanol–water partition coefficient (Wildman–Crippen LogP) is 4.64. The Kier molecular flexibility index (Phi) is 9.57. The molecular weight excluding hydrogens is 472 g/mol. The second-order valence-electron chi connectivity index (χ2n) is 8.34. The quantitative estimate of drug-likeness (QED) is 0.511.